The van der Waals surface area contributed by atoms with E-state index < -0.39 is 11.9 Å². The van der Waals surface area contributed by atoms with Gasteiger partial charge in [0.25, 0.3) is 0 Å². The Labute approximate surface area is 121 Å². The summed E-state index contributed by atoms with van der Waals surface area (Å²) in [5, 5.41) is 3.50. The summed E-state index contributed by atoms with van der Waals surface area (Å²) in [4.78, 5) is 3.99. The van der Waals surface area contributed by atoms with Crippen LogP contribution < -0.4 is 5.32 Å². The quantitative estimate of drug-likeness (QED) is 0.837. The number of aromatic nitrogens is 1. The number of ether oxygens (including phenoxy) is 1. The van der Waals surface area contributed by atoms with E-state index in [9.17, 15) is 13.2 Å². The van der Waals surface area contributed by atoms with Crippen molar-refractivity contribution in [1.82, 2.24) is 10.3 Å². The van der Waals surface area contributed by atoms with Crippen molar-refractivity contribution >= 4 is 11.3 Å². The molecule has 1 unspecified atom stereocenters. The molecule has 0 saturated carbocycles. The third-order valence-corrected chi connectivity index (χ3v) is 3.79. The van der Waals surface area contributed by atoms with Gasteiger partial charge in [0.05, 0.1) is 16.0 Å². The largest absolute Gasteiger partial charge is 0.434 e. The van der Waals surface area contributed by atoms with Crippen LogP contribution in [0.4, 0.5) is 13.2 Å². The Morgan fingerprint density at radius 3 is 2.45 bits per heavy atom. The summed E-state index contributed by atoms with van der Waals surface area (Å²) in [6, 6.07) is 0. The predicted molar refractivity (Wildman–Crippen MR) is 73.8 cm³/mol. The molecule has 0 radical (unpaired) electrons. The summed E-state index contributed by atoms with van der Waals surface area (Å²) in [6.45, 7) is 6.71. The second kappa shape index (κ2) is 7.38. The van der Waals surface area contributed by atoms with Crippen molar-refractivity contribution in [3.63, 3.8) is 0 Å². The van der Waals surface area contributed by atoms with Gasteiger partial charge in [0.15, 0.2) is 5.69 Å². The second-order valence-corrected chi connectivity index (χ2v) is 6.32. The Morgan fingerprint density at radius 2 is 1.95 bits per heavy atom. The maximum atomic E-state index is 13.0. The minimum Gasteiger partial charge on any atom is -0.381 e. The lowest BCUT2D eigenvalue weighted by atomic mass is 10.2. The number of alkyl halides is 3. The fourth-order valence-electron chi connectivity index (χ4n) is 1.63. The van der Waals surface area contributed by atoms with Gasteiger partial charge in [-0.15, -0.1) is 11.3 Å². The van der Waals surface area contributed by atoms with Gasteiger partial charge in [-0.2, -0.15) is 13.2 Å². The summed E-state index contributed by atoms with van der Waals surface area (Å²) in [5.41, 5.74) is -0.767. The van der Waals surface area contributed by atoms with E-state index in [2.05, 4.69) is 10.3 Å². The zero-order valence-corrected chi connectivity index (χ0v) is 13.0. The minimum atomic E-state index is -4.40. The van der Waals surface area contributed by atoms with E-state index in [4.69, 9.17) is 4.74 Å². The summed E-state index contributed by atoms with van der Waals surface area (Å²) < 4.78 is 43.9. The minimum absolute atomic E-state index is 0.140. The molecule has 0 aromatic carbocycles. The monoisotopic (exact) mass is 310 g/mol. The number of nitrogens with zero attached hydrogens (tertiary/aromatic N) is 1. The average molecular weight is 310 g/mol. The van der Waals surface area contributed by atoms with Gasteiger partial charge in [-0.05, 0) is 19.4 Å². The SMILES string of the molecule is COC(C)Cc1nc(C(F)(F)F)c(CNCC(C)C)s1. The molecule has 1 heterocycles. The van der Waals surface area contributed by atoms with Gasteiger partial charge in [0, 0.05) is 20.1 Å². The summed E-state index contributed by atoms with van der Waals surface area (Å²) in [6.07, 6.45) is -4.15. The zero-order valence-electron chi connectivity index (χ0n) is 12.2. The molecule has 0 spiro atoms. The van der Waals surface area contributed by atoms with Crippen LogP contribution in [0.25, 0.3) is 0 Å². The smallest absolute Gasteiger partial charge is 0.381 e. The number of nitrogens with one attached hydrogen (secondary N) is 1. The normalized spacial score (nSPS) is 14.0. The second-order valence-electron chi connectivity index (χ2n) is 5.15. The maximum Gasteiger partial charge on any atom is 0.434 e. The summed E-state index contributed by atoms with van der Waals surface area (Å²) >= 11 is 1.11. The molecule has 116 valence electrons. The molecule has 3 nitrogen and oxygen atoms in total. The molecule has 0 aliphatic heterocycles. The Balaban J connectivity index is 2.84. The standard InChI is InChI=1S/C13H21F3N2OS/c1-8(2)6-17-7-10-12(13(14,15)16)18-11(20-10)5-9(3)19-4/h8-9,17H,5-7H2,1-4H3. The number of rotatable bonds is 7. The van der Waals surface area contributed by atoms with Crippen molar-refractivity contribution in [3.05, 3.63) is 15.6 Å². The highest BCUT2D eigenvalue weighted by Gasteiger charge is 2.37. The molecule has 1 N–H and O–H groups in total. The van der Waals surface area contributed by atoms with Crippen LogP contribution in [0, 0.1) is 5.92 Å². The van der Waals surface area contributed by atoms with E-state index in [0.29, 0.717) is 23.9 Å². The Morgan fingerprint density at radius 1 is 1.30 bits per heavy atom. The lowest BCUT2D eigenvalue weighted by Gasteiger charge is -2.08. The number of hydrogen-bond donors (Lipinski definition) is 1. The molecule has 20 heavy (non-hydrogen) atoms. The summed E-state index contributed by atoms with van der Waals surface area (Å²) in [5.74, 6) is 0.394. The molecule has 0 amide bonds. The molecular formula is C13H21F3N2OS. The molecule has 1 aromatic rings. The van der Waals surface area contributed by atoms with Crippen LogP contribution in [0.15, 0.2) is 0 Å². The Hall–Kier alpha value is -0.660. The van der Waals surface area contributed by atoms with Gasteiger partial charge in [0.2, 0.25) is 0 Å². The zero-order chi connectivity index (χ0) is 15.3. The van der Waals surface area contributed by atoms with Crippen LogP contribution in [-0.2, 0) is 23.9 Å². The molecule has 0 bridgehead atoms. The van der Waals surface area contributed by atoms with Crippen LogP contribution in [0.1, 0.15) is 36.3 Å². The van der Waals surface area contributed by atoms with E-state index in [1.165, 1.54) is 7.11 Å². The first-order chi connectivity index (χ1) is 9.24. The highest BCUT2D eigenvalue weighted by Crippen LogP contribution is 2.34. The maximum absolute atomic E-state index is 13.0. The van der Waals surface area contributed by atoms with Crippen LogP contribution in [0.3, 0.4) is 0 Å². The Bertz CT molecular complexity index is 418. The van der Waals surface area contributed by atoms with Crippen molar-refractivity contribution in [2.24, 2.45) is 5.92 Å². The average Bonchev–Trinajstić information content (AvgIpc) is 2.71. The van der Waals surface area contributed by atoms with Gasteiger partial charge in [-0.3, -0.25) is 0 Å². The molecule has 0 fully saturated rings. The van der Waals surface area contributed by atoms with Crippen LogP contribution in [0.2, 0.25) is 0 Å². The molecule has 0 aliphatic carbocycles. The third kappa shape index (κ3) is 5.38. The molecular weight excluding hydrogens is 289 g/mol. The van der Waals surface area contributed by atoms with Crippen molar-refractivity contribution in [2.75, 3.05) is 13.7 Å². The van der Waals surface area contributed by atoms with Gasteiger partial charge >= 0.3 is 6.18 Å². The number of halogens is 3. The first-order valence-electron chi connectivity index (χ1n) is 6.53. The predicted octanol–water partition coefficient (Wildman–Crippen LogP) is 3.48. The van der Waals surface area contributed by atoms with E-state index in [1.54, 1.807) is 0 Å². The van der Waals surface area contributed by atoms with Crippen LogP contribution in [-0.4, -0.2) is 24.7 Å². The van der Waals surface area contributed by atoms with Crippen molar-refractivity contribution in [2.45, 2.75) is 46.0 Å². The number of thiazole rings is 1. The van der Waals surface area contributed by atoms with E-state index >= 15 is 0 Å². The molecule has 0 saturated heterocycles. The lowest BCUT2D eigenvalue weighted by molar-refractivity contribution is -0.141. The fourth-order valence-corrected chi connectivity index (χ4v) is 2.80. The van der Waals surface area contributed by atoms with Crippen molar-refractivity contribution in [3.8, 4) is 0 Å². The molecule has 1 rings (SSSR count). The third-order valence-electron chi connectivity index (χ3n) is 2.71. The number of methoxy groups -OCH3 is 1. The first kappa shape index (κ1) is 17.4. The van der Waals surface area contributed by atoms with Crippen LogP contribution in [0.5, 0.6) is 0 Å². The van der Waals surface area contributed by atoms with Crippen LogP contribution >= 0.6 is 11.3 Å². The van der Waals surface area contributed by atoms with Gasteiger partial charge in [-0.25, -0.2) is 4.98 Å². The van der Waals surface area contributed by atoms with Gasteiger partial charge in [-0.1, -0.05) is 13.8 Å². The highest BCUT2D eigenvalue weighted by molar-refractivity contribution is 7.11. The molecule has 1 atom stereocenters. The topological polar surface area (TPSA) is 34.1 Å². The summed E-state index contributed by atoms with van der Waals surface area (Å²) in [7, 11) is 1.54. The Kier molecular flexibility index (Phi) is 6.42. The lowest BCUT2D eigenvalue weighted by Crippen LogP contribution is -2.20. The van der Waals surface area contributed by atoms with Crippen molar-refractivity contribution < 1.29 is 17.9 Å². The van der Waals surface area contributed by atoms with Crippen molar-refractivity contribution in [1.29, 1.82) is 0 Å². The molecule has 7 heteroatoms. The molecule has 1 aromatic heterocycles. The first-order valence-corrected chi connectivity index (χ1v) is 7.35. The highest BCUT2D eigenvalue weighted by atomic mass is 32.1. The number of hydrogen-bond acceptors (Lipinski definition) is 4. The van der Waals surface area contributed by atoms with E-state index in [-0.39, 0.29) is 17.5 Å². The van der Waals surface area contributed by atoms with Gasteiger partial charge in [0.1, 0.15) is 0 Å². The van der Waals surface area contributed by atoms with Gasteiger partial charge < -0.3 is 10.1 Å². The van der Waals surface area contributed by atoms with E-state index in [0.717, 1.165) is 11.3 Å². The molecule has 0 aliphatic rings. The van der Waals surface area contributed by atoms with E-state index in [1.807, 2.05) is 20.8 Å². The fraction of sp³-hybridized carbons (Fsp3) is 0.769.